The van der Waals surface area contributed by atoms with E-state index in [-0.39, 0.29) is 16.9 Å². The third kappa shape index (κ3) is 2.73. The van der Waals surface area contributed by atoms with Gasteiger partial charge < -0.3 is 9.84 Å². The molecule has 0 saturated carbocycles. The van der Waals surface area contributed by atoms with Gasteiger partial charge in [0.05, 0.1) is 18.5 Å². The zero-order chi connectivity index (χ0) is 15.5. The van der Waals surface area contributed by atoms with Crippen molar-refractivity contribution in [1.82, 2.24) is 9.78 Å². The average molecular weight is 314 g/mol. The molecule has 3 aromatic rings. The van der Waals surface area contributed by atoms with E-state index in [9.17, 15) is 9.59 Å². The van der Waals surface area contributed by atoms with Crippen LogP contribution in [0.5, 0.6) is 5.75 Å². The summed E-state index contributed by atoms with van der Waals surface area (Å²) in [6.45, 7) is 0.376. The van der Waals surface area contributed by atoms with E-state index in [0.29, 0.717) is 11.4 Å². The summed E-state index contributed by atoms with van der Waals surface area (Å²) >= 11 is 1.33. The van der Waals surface area contributed by atoms with Crippen molar-refractivity contribution in [2.75, 3.05) is 7.11 Å². The second-order valence-electron chi connectivity index (χ2n) is 4.73. The summed E-state index contributed by atoms with van der Waals surface area (Å²) in [5.41, 5.74) is 0.796. The van der Waals surface area contributed by atoms with E-state index >= 15 is 0 Å². The summed E-state index contributed by atoms with van der Waals surface area (Å²) in [6.07, 6.45) is 1.47. The van der Waals surface area contributed by atoms with Crippen molar-refractivity contribution in [2.24, 2.45) is 0 Å². The summed E-state index contributed by atoms with van der Waals surface area (Å²) in [4.78, 5) is 25.1. The fourth-order valence-electron chi connectivity index (χ4n) is 2.14. The second kappa shape index (κ2) is 6.03. The second-order valence-corrected chi connectivity index (χ2v) is 5.68. The quantitative estimate of drug-likeness (QED) is 0.736. The molecular formula is C16H14N2O3S. The average Bonchev–Trinajstić information content (AvgIpc) is 3.19. The molecule has 112 valence electrons. The molecule has 0 atom stereocenters. The number of H-pyrrole nitrogens is 1. The molecule has 2 aromatic heterocycles. The van der Waals surface area contributed by atoms with Gasteiger partial charge in [-0.1, -0.05) is 18.2 Å². The summed E-state index contributed by atoms with van der Waals surface area (Å²) in [5.74, 6) is 0.515. The topological polar surface area (TPSA) is 64.1 Å². The fourth-order valence-corrected chi connectivity index (χ4v) is 2.82. The molecule has 0 radical (unpaired) electrons. The Bertz CT molecular complexity index is 829. The van der Waals surface area contributed by atoms with E-state index < -0.39 is 0 Å². The largest absolute Gasteiger partial charge is 0.497 e. The van der Waals surface area contributed by atoms with Crippen LogP contribution in [0.2, 0.25) is 0 Å². The summed E-state index contributed by atoms with van der Waals surface area (Å²) < 4.78 is 6.52. The zero-order valence-electron chi connectivity index (χ0n) is 11.9. The number of carbonyl (C=O) groups is 1. The van der Waals surface area contributed by atoms with Gasteiger partial charge in [-0.2, -0.15) is 0 Å². The van der Waals surface area contributed by atoms with Crippen molar-refractivity contribution in [1.29, 1.82) is 0 Å². The van der Waals surface area contributed by atoms with Crippen LogP contribution >= 0.6 is 11.3 Å². The number of ether oxygens (including phenoxy) is 1. The van der Waals surface area contributed by atoms with Gasteiger partial charge in [0.25, 0.3) is 5.56 Å². The molecule has 0 unspecified atom stereocenters. The molecule has 5 nitrogen and oxygen atoms in total. The van der Waals surface area contributed by atoms with Crippen LogP contribution in [-0.4, -0.2) is 22.7 Å². The number of nitrogens with one attached hydrogen (secondary N) is 1. The third-order valence-electron chi connectivity index (χ3n) is 3.33. The highest BCUT2D eigenvalue weighted by Gasteiger charge is 2.17. The van der Waals surface area contributed by atoms with Crippen LogP contribution in [0.3, 0.4) is 0 Å². The Morgan fingerprint density at radius 1 is 1.27 bits per heavy atom. The maximum absolute atomic E-state index is 12.3. The first kappa shape index (κ1) is 14.3. The van der Waals surface area contributed by atoms with Crippen LogP contribution in [0.1, 0.15) is 20.8 Å². The number of carbonyl (C=O) groups excluding carboxylic acids is 1. The highest BCUT2D eigenvalue weighted by atomic mass is 32.1. The lowest BCUT2D eigenvalue weighted by atomic mass is 10.2. The van der Waals surface area contributed by atoms with Crippen LogP contribution in [0.4, 0.5) is 0 Å². The molecule has 0 aliphatic carbocycles. The van der Waals surface area contributed by atoms with Crippen molar-refractivity contribution in [3.63, 3.8) is 0 Å². The zero-order valence-corrected chi connectivity index (χ0v) is 12.7. The molecule has 2 heterocycles. The fraction of sp³-hybridized carbons (Fsp3) is 0.125. The molecule has 0 bridgehead atoms. The third-order valence-corrected chi connectivity index (χ3v) is 4.20. The summed E-state index contributed by atoms with van der Waals surface area (Å²) in [6, 6.07) is 10.9. The van der Waals surface area contributed by atoms with E-state index in [2.05, 4.69) is 5.10 Å². The molecular weight excluding hydrogens is 300 g/mol. The lowest BCUT2D eigenvalue weighted by molar-refractivity contribution is 0.104. The number of aromatic nitrogens is 2. The van der Waals surface area contributed by atoms with Gasteiger partial charge in [-0.3, -0.25) is 9.59 Å². The number of hydrogen-bond acceptors (Lipinski definition) is 4. The van der Waals surface area contributed by atoms with Crippen molar-refractivity contribution in [2.45, 2.75) is 6.54 Å². The first-order chi connectivity index (χ1) is 10.7. The van der Waals surface area contributed by atoms with E-state index in [1.807, 2.05) is 29.6 Å². The number of thiophene rings is 1. The van der Waals surface area contributed by atoms with E-state index in [1.165, 1.54) is 22.2 Å². The minimum atomic E-state index is -0.311. The van der Waals surface area contributed by atoms with Crippen LogP contribution < -0.4 is 10.3 Å². The molecule has 0 fully saturated rings. The smallest absolute Gasteiger partial charge is 0.278 e. The van der Waals surface area contributed by atoms with Gasteiger partial charge in [-0.05, 0) is 29.1 Å². The molecule has 6 heteroatoms. The Morgan fingerprint density at radius 2 is 2.05 bits per heavy atom. The number of rotatable bonds is 5. The molecule has 0 saturated heterocycles. The molecule has 0 spiro atoms. The van der Waals surface area contributed by atoms with Gasteiger partial charge in [0.15, 0.2) is 0 Å². The number of benzene rings is 1. The van der Waals surface area contributed by atoms with Crippen molar-refractivity contribution < 1.29 is 9.53 Å². The summed E-state index contributed by atoms with van der Waals surface area (Å²) in [7, 11) is 1.60. The monoisotopic (exact) mass is 314 g/mol. The van der Waals surface area contributed by atoms with Gasteiger partial charge >= 0.3 is 0 Å². The van der Waals surface area contributed by atoms with Crippen LogP contribution in [0.25, 0.3) is 0 Å². The van der Waals surface area contributed by atoms with Gasteiger partial charge in [0.2, 0.25) is 5.78 Å². The van der Waals surface area contributed by atoms with Crippen molar-refractivity contribution in [3.8, 4) is 5.75 Å². The van der Waals surface area contributed by atoms with Crippen LogP contribution in [-0.2, 0) is 6.54 Å². The molecule has 3 rings (SSSR count). The Hall–Kier alpha value is -2.60. The normalized spacial score (nSPS) is 10.6. The highest BCUT2D eigenvalue weighted by Crippen LogP contribution is 2.14. The van der Waals surface area contributed by atoms with E-state index in [1.54, 1.807) is 19.2 Å². The van der Waals surface area contributed by atoms with Gasteiger partial charge in [0.1, 0.15) is 11.3 Å². The number of hydrogen-bond donors (Lipinski definition) is 1. The van der Waals surface area contributed by atoms with Crippen molar-refractivity contribution in [3.05, 3.63) is 74.3 Å². The number of nitrogens with zero attached hydrogens (tertiary/aromatic N) is 1. The van der Waals surface area contributed by atoms with Gasteiger partial charge in [0, 0.05) is 6.20 Å². The highest BCUT2D eigenvalue weighted by molar-refractivity contribution is 7.12. The Morgan fingerprint density at radius 3 is 2.68 bits per heavy atom. The maximum Gasteiger partial charge on any atom is 0.278 e. The maximum atomic E-state index is 12.3. The Kier molecular flexibility index (Phi) is 3.93. The molecule has 0 amide bonds. The molecule has 0 aliphatic rings. The van der Waals surface area contributed by atoms with Crippen molar-refractivity contribution >= 4 is 17.1 Å². The lowest BCUT2D eigenvalue weighted by Crippen LogP contribution is -2.22. The molecule has 0 aliphatic heterocycles. The van der Waals surface area contributed by atoms with Gasteiger partial charge in [-0.15, -0.1) is 11.3 Å². The number of methoxy groups -OCH3 is 1. The molecule has 1 N–H and O–H groups in total. The molecule has 1 aromatic carbocycles. The molecule has 22 heavy (non-hydrogen) atoms. The van der Waals surface area contributed by atoms with Crippen LogP contribution in [0.15, 0.2) is 52.8 Å². The first-order valence-electron chi connectivity index (χ1n) is 6.68. The first-order valence-corrected chi connectivity index (χ1v) is 7.56. The van der Waals surface area contributed by atoms with Gasteiger partial charge in [-0.25, -0.2) is 4.68 Å². The van der Waals surface area contributed by atoms with Crippen LogP contribution in [0, 0.1) is 0 Å². The number of aromatic amines is 1. The predicted octanol–water partition coefficient (Wildman–Crippen LogP) is 2.53. The minimum Gasteiger partial charge on any atom is -0.497 e. The summed E-state index contributed by atoms with van der Waals surface area (Å²) in [5, 5.41) is 4.67. The standard InChI is InChI=1S/C16H14N2O3S/c1-21-12-6-4-11(5-7-12)10-18-16(20)13(9-17-18)15(19)14-3-2-8-22-14/h2-9,17H,10H2,1H3. The Balaban J connectivity index is 1.84. The predicted molar refractivity (Wildman–Crippen MR) is 84.9 cm³/mol. The van der Waals surface area contributed by atoms with E-state index in [0.717, 1.165) is 11.3 Å². The SMILES string of the molecule is COc1ccc(Cn2[nH]cc(C(=O)c3cccs3)c2=O)cc1. The lowest BCUT2D eigenvalue weighted by Gasteiger charge is -2.03. The minimum absolute atomic E-state index is 0.163. The van der Waals surface area contributed by atoms with E-state index in [4.69, 9.17) is 4.74 Å². The number of ketones is 1. The Labute approximate surface area is 130 Å².